The molecule has 0 spiro atoms. The third kappa shape index (κ3) is 2.80. The molecule has 0 aliphatic heterocycles. The smallest absolute Gasteiger partial charge is 0.254 e. The van der Waals surface area contributed by atoms with Gasteiger partial charge in [0.25, 0.3) is 5.91 Å². The maximum Gasteiger partial charge on any atom is 0.254 e. The maximum atomic E-state index is 12.5. The standard InChI is InChI=1S/C15H18N4O2/c1-11-8-12(2-5-14(11)19-10-16-9-17-19)15(21)18(6-7-20)13-3-4-13/h2,5,8-10,13,20H,3-4,6-7H2,1H3. The van der Waals surface area contributed by atoms with E-state index in [0.29, 0.717) is 18.2 Å². The van der Waals surface area contributed by atoms with Gasteiger partial charge in [0.05, 0.1) is 12.3 Å². The van der Waals surface area contributed by atoms with E-state index < -0.39 is 0 Å². The van der Waals surface area contributed by atoms with Crippen LogP contribution in [0.15, 0.2) is 30.9 Å². The Labute approximate surface area is 123 Å². The quantitative estimate of drug-likeness (QED) is 0.895. The van der Waals surface area contributed by atoms with E-state index in [-0.39, 0.29) is 12.5 Å². The Bertz CT molecular complexity index is 635. The first-order valence-electron chi connectivity index (χ1n) is 7.08. The number of carbonyl (C=O) groups excluding carboxylic acids is 1. The molecule has 2 aromatic rings. The Balaban J connectivity index is 1.85. The predicted octanol–water partition coefficient (Wildman–Crippen LogP) is 1.17. The highest BCUT2D eigenvalue weighted by molar-refractivity contribution is 5.95. The Kier molecular flexibility index (Phi) is 3.70. The van der Waals surface area contributed by atoms with Crippen LogP contribution in [0.5, 0.6) is 0 Å². The molecule has 1 amide bonds. The number of hydrogen-bond acceptors (Lipinski definition) is 4. The fourth-order valence-electron chi connectivity index (χ4n) is 2.49. The molecule has 0 saturated heterocycles. The minimum Gasteiger partial charge on any atom is -0.395 e. The molecule has 110 valence electrons. The van der Waals surface area contributed by atoms with Crippen molar-refractivity contribution >= 4 is 5.91 Å². The van der Waals surface area contributed by atoms with Gasteiger partial charge in [-0.3, -0.25) is 4.79 Å². The van der Waals surface area contributed by atoms with Gasteiger partial charge in [-0.05, 0) is 43.5 Å². The zero-order valence-electron chi connectivity index (χ0n) is 11.9. The number of aliphatic hydroxyl groups excluding tert-OH is 1. The second-order valence-corrected chi connectivity index (χ2v) is 5.29. The topological polar surface area (TPSA) is 71.2 Å². The number of aryl methyl sites for hydroxylation is 1. The van der Waals surface area contributed by atoms with Crippen LogP contribution in [0.3, 0.4) is 0 Å². The van der Waals surface area contributed by atoms with Crippen molar-refractivity contribution in [2.45, 2.75) is 25.8 Å². The van der Waals surface area contributed by atoms with Gasteiger partial charge in [-0.1, -0.05) is 0 Å². The zero-order valence-corrected chi connectivity index (χ0v) is 11.9. The molecule has 1 aromatic heterocycles. The summed E-state index contributed by atoms with van der Waals surface area (Å²) >= 11 is 0. The highest BCUT2D eigenvalue weighted by Gasteiger charge is 2.32. The van der Waals surface area contributed by atoms with Crippen molar-refractivity contribution in [1.29, 1.82) is 0 Å². The van der Waals surface area contributed by atoms with Crippen molar-refractivity contribution < 1.29 is 9.90 Å². The Morgan fingerprint density at radius 3 is 2.86 bits per heavy atom. The number of benzene rings is 1. The molecule has 0 radical (unpaired) electrons. The molecular formula is C15H18N4O2. The SMILES string of the molecule is Cc1cc(C(=O)N(CCO)C2CC2)ccc1-n1cncn1. The van der Waals surface area contributed by atoms with Gasteiger partial charge in [-0.2, -0.15) is 5.10 Å². The molecule has 0 unspecified atom stereocenters. The summed E-state index contributed by atoms with van der Waals surface area (Å²) in [6, 6.07) is 5.84. The maximum absolute atomic E-state index is 12.5. The van der Waals surface area contributed by atoms with E-state index in [0.717, 1.165) is 24.1 Å². The fraction of sp³-hybridized carbons (Fsp3) is 0.400. The van der Waals surface area contributed by atoms with Crippen LogP contribution >= 0.6 is 0 Å². The van der Waals surface area contributed by atoms with E-state index in [9.17, 15) is 4.79 Å². The summed E-state index contributed by atoms with van der Waals surface area (Å²) in [6.45, 7) is 2.34. The third-order valence-corrected chi connectivity index (χ3v) is 3.70. The highest BCUT2D eigenvalue weighted by Crippen LogP contribution is 2.28. The average molecular weight is 286 g/mol. The van der Waals surface area contributed by atoms with Crippen molar-refractivity contribution in [3.63, 3.8) is 0 Å². The van der Waals surface area contributed by atoms with Gasteiger partial charge in [0.15, 0.2) is 0 Å². The summed E-state index contributed by atoms with van der Waals surface area (Å²) in [6.07, 6.45) is 5.17. The van der Waals surface area contributed by atoms with Crippen molar-refractivity contribution in [2.75, 3.05) is 13.2 Å². The molecule has 1 aliphatic rings. The van der Waals surface area contributed by atoms with Gasteiger partial charge in [-0.25, -0.2) is 9.67 Å². The van der Waals surface area contributed by atoms with E-state index in [1.54, 1.807) is 22.0 Å². The molecule has 1 aliphatic carbocycles. The summed E-state index contributed by atoms with van der Waals surface area (Å²) in [7, 11) is 0. The number of aromatic nitrogens is 3. The van der Waals surface area contributed by atoms with E-state index in [1.165, 1.54) is 6.33 Å². The first-order chi connectivity index (χ1) is 10.2. The van der Waals surface area contributed by atoms with Crippen molar-refractivity contribution in [1.82, 2.24) is 19.7 Å². The van der Waals surface area contributed by atoms with Gasteiger partial charge in [0.1, 0.15) is 12.7 Å². The lowest BCUT2D eigenvalue weighted by molar-refractivity contribution is 0.0707. The first-order valence-corrected chi connectivity index (χ1v) is 7.08. The summed E-state index contributed by atoms with van der Waals surface area (Å²) in [5, 5.41) is 13.2. The summed E-state index contributed by atoms with van der Waals surface area (Å²) in [5.41, 5.74) is 2.52. The number of aliphatic hydroxyl groups is 1. The minimum atomic E-state index is -0.0141. The number of hydrogen-bond donors (Lipinski definition) is 1. The van der Waals surface area contributed by atoms with Crippen LogP contribution < -0.4 is 0 Å². The molecule has 0 bridgehead atoms. The van der Waals surface area contributed by atoms with Gasteiger partial charge in [-0.15, -0.1) is 0 Å². The van der Waals surface area contributed by atoms with Crippen LogP contribution in [0.1, 0.15) is 28.8 Å². The minimum absolute atomic E-state index is 0.00172. The van der Waals surface area contributed by atoms with Crippen molar-refractivity contribution in [3.8, 4) is 5.69 Å². The lowest BCUT2D eigenvalue weighted by Crippen LogP contribution is -2.35. The summed E-state index contributed by atoms with van der Waals surface area (Å²) in [4.78, 5) is 18.2. The summed E-state index contributed by atoms with van der Waals surface area (Å²) in [5.74, 6) is -0.0141. The van der Waals surface area contributed by atoms with Crippen LogP contribution in [0, 0.1) is 6.92 Å². The van der Waals surface area contributed by atoms with Crippen LogP contribution in [-0.4, -0.2) is 49.9 Å². The molecule has 3 rings (SSSR count). The zero-order chi connectivity index (χ0) is 14.8. The van der Waals surface area contributed by atoms with Gasteiger partial charge in [0, 0.05) is 18.2 Å². The molecule has 1 N–H and O–H groups in total. The fourth-order valence-corrected chi connectivity index (χ4v) is 2.49. The molecule has 6 heteroatoms. The van der Waals surface area contributed by atoms with Gasteiger partial charge < -0.3 is 10.0 Å². The predicted molar refractivity (Wildman–Crippen MR) is 77.2 cm³/mol. The largest absolute Gasteiger partial charge is 0.395 e. The first kappa shape index (κ1) is 13.8. The van der Waals surface area contributed by atoms with E-state index in [4.69, 9.17) is 5.11 Å². The van der Waals surface area contributed by atoms with E-state index in [2.05, 4.69) is 10.1 Å². The molecule has 1 saturated carbocycles. The molecule has 1 heterocycles. The monoisotopic (exact) mass is 286 g/mol. The molecule has 0 atom stereocenters. The number of amides is 1. The Morgan fingerprint density at radius 2 is 2.29 bits per heavy atom. The lowest BCUT2D eigenvalue weighted by Gasteiger charge is -2.21. The van der Waals surface area contributed by atoms with E-state index >= 15 is 0 Å². The van der Waals surface area contributed by atoms with Crippen LogP contribution in [0.4, 0.5) is 0 Å². The average Bonchev–Trinajstić information content (AvgIpc) is 3.18. The van der Waals surface area contributed by atoms with Crippen molar-refractivity contribution in [3.05, 3.63) is 42.0 Å². The summed E-state index contributed by atoms with van der Waals surface area (Å²) < 4.78 is 1.68. The second-order valence-electron chi connectivity index (χ2n) is 5.29. The van der Waals surface area contributed by atoms with Crippen LogP contribution in [-0.2, 0) is 0 Å². The Morgan fingerprint density at radius 1 is 1.48 bits per heavy atom. The third-order valence-electron chi connectivity index (χ3n) is 3.70. The number of carbonyl (C=O) groups is 1. The lowest BCUT2D eigenvalue weighted by atomic mass is 10.1. The second kappa shape index (κ2) is 5.65. The molecule has 21 heavy (non-hydrogen) atoms. The number of rotatable bonds is 5. The van der Waals surface area contributed by atoms with Gasteiger partial charge >= 0.3 is 0 Å². The Hall–Kier alpha value is -2.21. The molecular weight excluding hydrogens is 268 g/mol. The van der Waals surface area contributed by atoms with Crippen molar-refractivity contribution in [2.24, 2.45) is 0 Å². The van der Waals surface area contributed by atoms with Gasteiger partial charge in [0.2, 0.25) is 0 Å². The molecule has 1 fully saturated rings. The molecule has 1 aromatic carbocycles. The highest BCUT2D eigenvalue weighted by atomic mass is 16.3. The molecule has 6 nitrogen and oxygen atoms in total. The van der Waals surface area contributed by atoms with Crippen LogP contribution in [0.2, 0.25) is 0 Å². The van der Waals surface area contributed by atoms with Crippen LogP contribution in [0.25, 0.3) is 5.69 Å². The van der Waals surface area contributed by atoms with E-state index in [1.807, 2.05) is 19.1 Å². The normalized spacial score (nSPS) is 14.2. The number of nitrogens with zero attached hydrogens (tertiary/aromatic N) is 4.